The smallest absolute Gasteiger partial charge is 0.253 e. The monoisotopic (exact) mass is 371 g/mol. The highest BCUT2D eigenvalue weighted by atomic mass is 16.2. The molecule has 2 N–H and O–H groups in total. The lowest BCUT2D eigenvalue weighted by Gasteiger charge is -2.22. The van der Waals surface area contributed by atoms with Crippen molar-refractivity contribution in [1.29, 1.82) is 0 Å². The van der Waals surface area contributed by atoms with Crippen LogP contribution >= 0.6 is 0 Å². The van der Waals surface area contributed by atoms with E-state index in [1.165, 1.54) is 19.3 Å². The summed E-state index contributed by atoms with van der Waals surface area (Å²) in [5.41, 5.74) is 3.52. The SMILES string of the molecule is O=C(Nc1ccc2nc(C3CCC3)[nH]c2c1)C(c1ccccc1)n1cccn1. The molecule has 6 heteroatoms. The Kier molecular flexibility index (Phi) is 4.16. The number of hydrogen-bond donors (Lipinski definition) is 2. The number of aromatic nitrogens is 4. The molecule has 1 fully saturated rings. The van der Waals surface area contributed by atoms with Crippen LogP contribution in [0.25, 0.3) is 11.0 Å². The Balaban J connectivity index is 1.42. The molecule has 2 aromatic carbocycles. The van der Waals surface area contributed by atoms with Gasteiger partial charge in [0.05, 0.1) is 11.0 Å². The fourth-order valence-electron chi connectivity index (χ4n) is 3.69. The topological polar surface area (TPSA) is 75.6 Å². The zero-order chi connectivity index (χ0) is 18.9. The number of rotatable bonds is 5. The maximum Gasteiger partial charge on any atom is 0.253 e. The van der Waals surface area contributed by atoms with E-state index in [-0.39, 0.29) is 5.91 Å². The third kappa shape index (κ3) is 3.07. The maximum absolute atomic E-state index is 13.1. The van der Waals surface area contributed by atoms with Gasteiger partial charge >= 0.3 is 0 Å². The molecule has 4 aromatic rings. The number of anilines is 1. The molecule has 140 valence electrons. The van der Waals surface area contributed by atoms with Crippen LogP contribution in [0.3, 0.4) is 0 Å². The van der Waals surface area contributed by atoms with Gasteiger partial charge in [0.2, 0.25) is 0 Å². The molecule has 0 saturated heterocycles. The second-order valence-corrected chi connectivity index (χ2v) is 7.27. The van der Waals surface area contributed by atoms with E-state index in [0.29, 0.717) is 5.92 Å². The van der Waals surface area contributed by atoms with E-state index >= 15 is 0 Å². The summed E-state index contributed by atoms with van der Waals surface area (Å²) in [6, 6.07) is 16.8. The number of fused-ring (bicyclic) bond motifs is 1. The molecule has 1 aliphatic rings. The van der Waals surface area contributed by atoms with E-state index in [9.17, 15) is 4.79 Å². The Morgan fingerprint density at radius 1 is 1.14 bits per heavy atom. The standard InChI is InChI=1S/C22H21N5O/c28-22(20(27-13-5-12-23-27)15-6-2-1-3-7-15)24-17-10-11-18-19(14-17)26-21(25-18)16-8-4-9-16/h1-3,5-7,10-14,16,20H,4,8-9H2,(H,24,28)(H,25,26). The van der Waals surface area contributed by atoms with E-state index in [1.807, 2.05) is 54.6 Å². The second kappa shape index (κ2) is 6.96. The van der Waals surface area contributed by atoms with E-state index < -0.39 is 6.04 Å². The molecular weight excluding hydrogens is 350 g/mol. The van der Waals surface area contributed by atoms with Gasteiger partial charge in [-0.2, -0.15) is 5.10 Å². The molecule has 5 rings (SSSR count). The van der Waals surface area contributed by atoms with Crippen molar-refractivity contribution in [2.24, 2.45) is 0 Å². The molecule has 6 nitrogen and oxygen atoms in total. The number of nitrogens with zero attached hydrogens (tertiary/aromatic N) is 3. The Labute approximate surface area is 162 Å². The van der Waals surface area contributed by atoms with Crippen LogP contribution in [0.15, 0.2) is 67.0 Å². The van der Waals surface area contributed by atoms with Gasteiger partial charge in [-0.3, -0.25) is 9.48 Å². The van der Waals surface area contributed by atoms with Crippen LogP contribution < -0.4 is 5.32 Å². The molecular formula is C22H21N5O. The van der Waals surface area contributed by atoms with E-state index in [4.69, 9.17) is 4.98 Å². The van der Waals surface area contributed by atoms with Gasteiger partial charge in [-0.25, -0.2) is 4.98 Å². The minimum atomic E-state index is -0.529. The maximum atomic E-state index is 13.1. The summed E-state index contributed by atoms with van der Waals surface area (Å²) in [5.74, 6) is 1.48. The first-order valence-corrected chi connectivity index (χ1v) is 9.62. The molecule has 2 aromatic heterocycles. The molecule has 0 bridgehead atoms. The van der Waals surface area contributed by atoms with Gasteiger partial charge in [0.25, 0.3) is 5.91 Å². The number of hydrogen-bond acceptors (Lipinski definition) is 3. The van der Waals surface area contributed by atoms with Crippen LogP contribution in [-0.2, 0) is 4.79 Å². The average molecular weight is 371 g/mol. The normalized spacial score (nSPS) is 15.3. The van der Waals surface area contributed by atoms with Gasteiger partial charge in [0.15, 0.2) is 6.04 Å². The summed E-state index contributed by atoms with van der Waals surface area (Å²) < 4.78 is 1.67. The Morgan fingerprint density at radius 3 is 2.71 bits per heavy atom. The van der Waals surface area contributed by atoms with E-state index in [0.717, 1.165) is 28.1 Å². The largest absolute Gasteiger partial charge is 0.342 e. The zero-order valence-corrected chi connectivity index (χ0v) is 15.4. The Hall–Kier alpha value is -3.41. The molecule has 2 heterocycles. The van der Waals surface area contributed by atoms with Crippen molar-refractivity contribution in [3.05, 3.63) is 78.4 Å². The molecule has 1 saturated carbocycles. The van der Waals surface area contributed by atoms with Gasteiger partial charge < -0.3 is 10.3 Å². The van der Waals surface area contributed by atoms with Gasteiger partial charge in [0, 0.05) is 24.0 Å². The Bertz CT molecular complexity index is 1100. The third-order valence-electron chi connectivity index (χ3n) is 5.41. The minimum absolute atomic E-state index is 0.131. The lowest BCUT2D eigenvalue weighted by Crippen LogP contribution is -2.27. The molecule has 1 aliphatic carbocycles. The zero-order valence-electron chi connectivity index (χ0n) is 15.4. The van der Waals surface area contributed by atoms with E-state index in [2.05, 4.69) is 15.4 Å². The van der Waals surface area contributed by atoms with Crippen LogP contribution in [-0.4, -0.2) is 25.7 Å². The second-order valence-electron chi connectivity index (χ2n) is 7.27. The fourth-order valence-corrected chi connectivity index (χ4v) is 3.69. The first kappa shape index (κ1) is 16.7. The number of benzene rings is 2. The number of amides is 1. The van der Waals surface area contributed by atoms with Crippen molar-refractivity contribution in [3.63, 3.8) is 0 Å². The number of carbonyl (C=O) groups is 1. The quantitative estimate of drug-likeness (QED) is 0.550. The summed E-state index contributed by atoms with van der Waals surface area (Å²) in [4.78, 5) is 21.2. The van der Waals surface area contributed by atoms with Crippen molar-refractivity contribution >= 4 is 22.6 Å². The number of nitrogens with one attached hydrogen (secondary N) is 2. The van der Waals surface area contributed by atoms with Crippen LogP contribution in [0, 0.1) is 0 Å². The summed E-state index contributed by atoms with van der Waals surface area (Å²) in [6.45, 7) is 0. The van der Waals surface area contributed by atoms with Crippen LogP contribution in [0.4, 0.5) is 5.69 Å². The minimum Gasteiger partial charge on any atom is -0.342 e. The molecule has 1 amide bonds. The third-order valence-corrected chi connectivity index (χ3v) is 5.41. The van der Waals surface area contributed by atoms with Crippen molar-refractivity contribution in [2.45, 2.75) is 31.2 Å². The number of H-pyrrole nitrogens is 1. The summed E-state index contributed by atoms with van der Waals surface area (Å²) in [6.07, 6.45) is 7.16. The number of imidazole rings is 1. The lowest BCUT2D eigenvalue weighted by atomic mass is 9.85. The van der Waals surface area contributed by atoms with Crippen LogP contribution in [0.2, 0.25) is 0 Å². The predicted molar refractivity (Wildman–Crippen MR) is 108 cm³/mol. The van der Waals surface area contributed by atoms with Crippen LogP contribution in [0.5, 0.6) is 0 Å². The highest BCUT2D eigenvalue weighted by Gasteiger charge is 2.24. The van der Waals surface area contributed by atoms with E-state index in [1.54, 1.807) is 17.1 Å². The highest BCUT2D eigenvalue weighted by Crippen LogP contribution is 2.35. The first-order valence-electron chi connectivity index (χ1n) is 9.62. The highest BCUT2D eigenvalue weighted by molar-refractivity contribution is 5.97. The first-order chi connectivity index (χ1) is 13.8. The van der Waals surface area contributed by atoms with Crippen molar-refractivity contribution in [2.75, 3.05) is 5.32 Å². The molecule has 0 aliphatic heterocycles. The van der Waals surface area contributed by atoms with Gasteiger partial charge in [0.1, 0.15) is 5.82 Å². The Morgan fingerprint density at radius 2 is 2.00 bits per heavy atom. The summed E-state index contributed by atoms with van der Waals surface area (Å²) in [5, 5.41) is 7.32. The average Bonchev–Trinajstić information content (AvgIpc) is 3.31. The summed E-state index contributed by atoms with van der Waals surface area (Å²) >= 11 is 0. The molecule has 0 radical (unpaired) electrons. The van der Waals surface area contributed by atoms with Gasteiger partial charge in [-0.15, -0.1) is 0 Å². The lowest BCUT2D eigenvalue weighted by molar-refractivity contribution is -0.118. The van der Waals surface area contributed by atoms with Gasteiger partial charge in [-0.1, -0.05) is 36.8 Å². The fraction of sp³-hybridized carbons (Fsp3) is 0.227. The van der Waals surface area contributed by atoms with Crippen LogP contribution in [0.1, 0.15) is 42.6 Å². The number of aromatic amines is 1. The van der Waals surface area contributed by atoms with Gasteiger partial charge in [-0.05, 0) is 42.7 Å². The van der Waals surface area contributed by atoms with Crippen molar-refractivity contribution in [1.82, 2.24) is 19.7 Å². The summed E-state index contributed by atoms with van der Waals surface area (Å²) in [7, 11) is 0. The molecule has 1 atom stereocenters. The van der Waals surface area contributed by atoms with Crippen molar-refractivity contribution in [3.8, 4) is 0 Å². The molecule has 1 unspecified atom stereocenters. The molecule has 28 heavy (non-hydrogen) atoms. The number of carbonyl (C=O) groups excluding carboxylic acids is 1. The molecule has 0 spiro atoms. The van der Waals surface area contributed by atoms with Crippen molar-refractivity contribution < 1.29 is 4.79 Å². The predicted octanol–water partition coefficient (Wildman–Crippen LogP) is 4.26.